The molecular formula is C26H21Cl3NOTa. The van der Waals surface area contributed by atoms with E-state index in [-0.39, 0.29) is 5.75 Å². The summed E-state index contributed by atoms with van der Waals surface area (Å²) in [4.78, 5) is 4.48. The third-order valence-corrected chi connectivity index (χ3v) is 4.81. The first-order valence-corrected chi connectivity index (χ1v) is 21.7. The van der Waals surface area contributed by atoms with Crippen molar-refractivity contribution in [3.8, 4) is 28.0 Å². The molecule has 4 aromatic carbocycles. The molecule has 0 amide bonds. The predicted molar refractivity (Wildman–Crippen MR) is 135 cm³/mol. The van der Waals surface area contributed by atoms with Crippen molar-refractivity contribution in [3.05, 3.63) is 108 Å². The maximum atomic E-state index is 10.1. The van der Waals surface area contributed by atoms with Crippen LogP contribution in [0.3, 0.4) is 0 Å². The Morgan fingerprint density at radius 2 is 1.12 bits per heavy atom. The van der Waals surface area contributed by atoms with Gasteiger partial charge in [-0.15, -0.1) is 0 Å². The molecule has 0 aromatic heterocycles. The van der Waals surface area contributed by atoms with Crippen LogP contribution >= 0.6 is 27.6 Å². The first kappa shape index (κ1) is 24.6. The van der Waals surface area contributed by atoms with Crippen molar-refractivity contribution < 1.29 is 20.3 Å². The van der Waals surface area contributed by atoms with E-state index in [1.807, 2.05) is 43.3 Å². The fourth-order valence-electron chi connectivity index (χ4n) is 3.16. The number of aliphatic imine (C=N–C) groups is 1. The molecule has 0 unspecified atom stereocenters. The molecule has 1 N–H and O–H groups in total. The molecule has 162 valence electrons. The standard InChI is InChI=1S/C26H21NO.3ClH.Ta/c1-19-6-5-9-24(26(19)28)18-27-25-16-14-23(15-17-25)22-12-10-21(11-13-22)20-7-3-2-4-8-20;;;;/h2-18,28H,1H3;3*1H;/q;;;;+3/p-3. The van der Waals surface area contributed by atoms with Crippen molar-refractivity contribution in [1.82, 2.24) is 0 Å². The van der Waals surface area contributed by atoms with Gasteiger partial charge in [0, 0.05) is 11.8 Å². The number of hydrogen-bond acceptors (Lipinski definition) is 2. The molecule has 4 aromatic rings. The average Bonchev–Trinajstić information content (AvgIpc) is 2.81. The van der Waals surface area contributed by atoms with Crippen LogP contribution in [0.25, 0.3) is 22.3 Å². The van der Waals surface area contributed by atoms with Crippen molar-refractivity contribution in [2.45, 2.75) is 6.92 Å². The fraction of sp³-hybridized carbons (Fsp3) is 0.0385. The number of nitrogens with zero attached hydrogens (tertiary/aromatic N) is 1. The molecule has 0 fully saturated rings. The Hall–Kier alpha value is -2.04. The number of halogens is 3. The molecule has 0 aliphatic carbocycles. The van der Waals surface area contributed by atoms with Gasteiger partial charge in [0.1, 0.15) is 5.75 Å². The van der Waals surface area contributed by atoms with E-state index in [1.165, 1.54) is 16.7 Å². The van der Waals surface area contributed by atoms with Crippen LogP contribution in [0.5, 0.6) is 5.75 Å². The van der Waals surface area contributed by atoms with Crippen LogP contribution < -0.4 is 0 Å². The number of phenolic OH excluding ortho intramolecular Hbond substituents is 1. The summed E-state index contributed by atoms with van der Waals surface area (Å²) in [5.74, 6) is 0.279. The zero-order chi connectivity index (χ0) is 22.9. The predicted octanol–water partition coefficient (Wildman–Crippen LogP) is 8.85. The van der Waals surface area contributed by atoms with Gasteiger partial charge >= 0.3 is 42.8 Å². The average molecular weight is 651 g/mol. The normalized spacial score (nSPS) is 10.8. The maximum absolute atomic E-state index is 10.1. The molecule has 0 saturated heterocycles. The van der Waals surface area contributed by atoms with Crippen LogP contribution in [0.4, 0.5) is 5.69 Å². The molecule has 0 saturated carbocycles. The Morgan fingerprint density at radius 1 is 0.656 bits per heavy atom. The monoisotopic (exact) mass is 649 g/mol. The van der Waals surface area contributed by atoms with Crippen LogP contribution in [-0.4, -0.2) is 11.3 Å². The number of rotatable bonds is 4. The molecule has 0 heterocycles. The topological polar surface area (TPSA) is 32.6 Å². The van der Waals surface area contributed by atoms with Gasteiger partial charge in [0.15, 0.2) is 0 Å². The van der Waals surface area contributed by atoms with Gasteiger partial charge in [-0.05, 0) is 52.9 Å². The summed E-state index contributed by atoms with van der Waals surface area (Å²) >= 11 is -2.18. The molecule has 32 heavy (non-hydrogen) atoms. The first-order valence-electron chi connectivity index (χ1n) is 9.80. The van der Waals surface area contributed by atoms with E-state index in [0.717, 1.165) is 22.4 Å². The Labute approximate surface area is 206 Å². The minimum absolute atomic E-state index is 0.279. The van der Waals surface area contributed by atoms with E-state index in [0.29, 0.717) is 0 Å². The van der Waals surface area contributed by atoms with Crippen LogP contribution in [-0.2, 0) is 15.2 Å². The number of phenols is 1. The van der Waals surface area contributed by atoms with Gasteiger partial charge in [-0.1, -0.05) is 78.9 Å². The summed E-state index contributed by atoms with van der Waals surface area (Å²) in [7, 11) is 15.0. The molecular weight excluding hydrogens is 630 g/mol. The van der Waals surface area contributed by atoms with Crippen molar-refractivity contribution in [3.63, 3.8) is 0 Å². The number of hydrogen-bond donors (Lipinski definition) is 1. The fourth-order valence-corrected chi connectivity index (χ4v) is 3.16. The third kappa shape index (κ3) is 7.25. The molecule has 0 bridgehead atoms. The van der Waals surface area contributed by atoms with Crippen molar-refractivity contribution >= 4 is 39.5 Å². The summed E-state index contributed by atoms with van der Waals surface area (Å²) in [6.45, 7) is 1.88. The summed E-state index contributed by atoms with van der Waals surface area (Å²) in [5, 5.41) is 10.1. The van der Waals surface area contributed by atoms with Crippen LogP contribution in [0.2, 0.25) is 0 Å². The number of benzene rings is 4. The zero-order valence-corrected chi connectivity index (χ0v) is 22.8. The van der Waals surface area contributed by atoms with E-state index in [9.17, 15) is 5.11 Å². The third-order valence-electron chi connectivity index (χ3n) is 4.81. The number of aromatic hydroxyl groups is 1. The molecule has 2 nitrogen and oxygen atoms in total. The molecule has 0 radical (unpaired) electrons. The minimum atomic E-state index is -2.18. The quantitative estimate of drug-likeness (QED) is 0.220. The van der Waals surface area contributed by atoms with E-state index in [2.05, 4.69) is 65.7 Å². The van der Waals surface area contributed by atoms with Gasteiger partial charge in [0.25, 0.3) is 0 Å². The molecule has 0 aliphatic rings. The van der Waals surface area contributed by atoms with Gasteiger partial charge in [0.2, 0.25) is 0 Å². The molecule has 4 rings (SSSR count). The van der Waals surface area contributed by atoms with Crippen molar-refractivity contribution in [2.24, 2.45) is 4.99 Å². The van der Waals surface area contributed by atoms with Crippen molar-refractivity contribution in [1.29, 1.82) is 0 Å². The molecule has 0 spiro atoms. The second kappa shape index (κ2) is 12.3. The van der Waals surface area contributed by atoms with E-state index in [1.54, 1.807) is 6.21 Å². The molecule has 6 heteroatoms. The van der Waals surface area contributed by atoms with Crippen molar-refractivity contribution in [2.75, 3.05) is 0 Å². The SMILES string of the molecule is Cc1cccc(C=Nc2ccc(-c3ccc(-c4ccccc4)cc3)cc2)c1O.[Cl][Ta]([Cl])[Cl]. The summed E-state index contributed by atoms with van der Waals surface area (Å²) in [5.41, 5.74) is 7.18. The van der Waals surface area contributed by atoms with E-state index in [4.69, 9.17) is 27.6 Å². The van der Waals surface area contributed by atoms with Crippen LogP contribution in [0.15, 0.2) is 102 Å². The zero-order valence-electron chi connectivity index (χ0n) is 17.3. The first-order chi connectivity index (χ1) is 15.4. The Morgan fingerprint density at radius 3 is 1.66 bits per heavy atom. The Balaban J connectivity index is 0.000000668. The molecule has 0 aliphatic heterocycles. The van der Waals surface area contributed by atoms with E-state index >= 15 is 0 Å². The second-order valence-electron chi connectivity index (χ2n) is 6.95. The van der Waals surface area contributed by atoms with E-state index < -0.39 is 15.2 Å². The second-order valence-corrected chi connectivity index (χ2v) is 20.9. The van der Waals surface area contributed by atoms with Gasteiger partial charge in [-0.2, -0.15) is 0 Å². The summed E-state index contributed by atoms with van der Waals surface area (Å²) < 4.78 is 0. The van der Waals surface area contributed by atoms with Crippen LogP contribution in [0.1, 0.15) is 11.1 Å². The molecule has 0 atom stereocenters. The Bertz CT molecular complexity index is 1160. The Kier molecular flexibility index (Phi) is 9.43. The van der Waals surface area contributed by atoms with Gasteiger partial charge in [0.05, 0.1) is 5.69 Å². The van der Waals surface area contributed by atoms with Crippen LogP contribution in [0, 0.1) is 6.92 Å². The summed E-state index contributed by atoms with van der Waals surface area (Å²) in [6, 6.07) is 32.7. The van der Waals surface area contributed by atoms with Gasteiger partial charge < -0.3 is 5.11 Å². The van der Waals surface area contributed by atoms with Gasteiger partial charge in [-0.25, -0.2) is 0 Å². The summed E-state index contributed by atoms with van der Waals surface area (Å²) in [6.07, 6.45) is 1.70. The number of aryl methyl sites for hydroxylation is 1. The number of para-hydroxylation sites is 1. The van der Waals surface area contributed by atoms with Gasteiger partial charge in [-0.3, -0.25) is 4.99 Å².